The SMILES string of the molecule is Cc1ccccc1C(=O)N1CCC(C(=O)OCc2cccc3ccccc23)CC1. The third-order valence-electron chi connectivity index (χ3n) is 5.74. The number of fused-ring (bicyclic) bond motifs is 1. The Morgan fingerprint density at radius 3 is 2.41 bits per heavy atom. The third kappa shape index (κ3) is 4.16. The van der Waals surface area contributed by atoms with E-state index in [1.807, 2.05) is 66.4 Å². The summed E-state index contributed by atoms with van der Waals surface area (Å²) in [5.74, 6) is -0.266. The molecule has 0 aliphatic carbocycles. The van der Waals surface area contributed by atoms with Crippen LogP contribution in [0.3, 0.4) is 0 Å². The molecule has 0 aromatic heterocycles. The highest BCUT2D eigenvalue weighted by atomic mass is 16.5. The molecule has 148 valence electrons. The van der Waals surface area contributed by atoms with Crippen molar-refractivity contribution in [2.24, 2.45) is 5.92 Å². The summed E-state index contributed by atoms with van der Waals surface area (Å²) < 4.78 is 5.63. The van der Waals surface area contributed by atoms with Gasteiger partial charge in [-0.25, -0.2) is 0 Å². The molecule has 1 aliphatic rings. The van der Waals surface area contributed by atoms with E-state index in [1.165, 1.54) is 0 Å². The Bertz CT molecular complexity index is 1030. The van der Waals surface area contributed by atoms with Gasteiger partial charge in [-0.2, -0.15) is 0 Å². The van der Waals surface area contributed by atoms with E-state index < -0.39 is 0 Å². The molecule has 1 heterocycles. The molecule has 0 spiro atoms. The maximum atomic E-state index is 12.7. The molecular weight excluding hydrogens is 362 g/mol. The Morgan fingerprint density at radius 1 is 0.931 bits per heavy atom. The van der Waals surface area contributed by atoms with Crippen LogP contribution in [-0.4, -0.2) is 29.9 Å². The Hall–Kier alpha value is -3.14. The minimum atomic E-state index is -0.166. The van der Waals surface area contributed by atoms with Crippen LogP contribution in [0, 0.1) is 12.8 Å². The molecule has 0 N–H and O–H groups in total. The van der Waals surface area contributed by atoms with E-state index in [4.69, 9.17) is 4.74 Å². The average molecular weight is 387 g/mol. The molecule has 3 aromatic rings. The van der Waals surface area contributed by atoms with Crippen molar-refractivity contribution in [3.63, 3.8) is 0 Å². The number of benzene rings is 3. The van der Waals surface area contributed by atoms with Gasteiger partial charge in [-0.1, -0.05) is 60.7 Å². The van der Waals surface area contributed by atoms with Gasteiger partial charge in [0.1, 0.15) is 6.61 Å². The Labute approximate surface area is 171 Å². The molecule has 1 aliphatic heterocycles. The lowest BCUT2D eigenvalue weighted by atomic mass is 9.96. The summed E-state index contributed by atoms with van der Waals surface area (Å²) in [6.07, 6.45) is 1.29. The number of nitrogens with zero attached hydrogens (tertiary/aromatic N) is 1. The molecule has 4 rings (SSSR count). The molecule has 1 fully saturated rings. The van der Waals surface area contributed by atoms with E-state index in [-0.39, 0.29) is 24.4 Å². The minimum absolute atomic E-state index is 0.0469. The van der Waals surface area contributed by atoms with Gasteiger partial charge in [0.05, 0.1) is 5.92 Å². The van der Waals surface area contributed by atoms with Crippen LogP contribution < -0.4 is 0 Å². The lowest BCUT2D eigenvalue weighted by Crippen LogP contribution is -2.40. The second kappa shape index (κ2) is 8.48. The maximum Gasteiger partial charge on any atom is 0.309 e. The molecule has 1 amide bonds. The van der Waals surface area contributed by atoms with Crippen LogP contribution in [0.4, 0.5) is 0 Å². The summed E-state index contributed by atoms with van der Waals surface area (Å²) in [4.78, 5) is 27.2. The number of likely N-dealkylation sites (tertiary alicyclic amines) is 1. The van der Waals surface area contributed by atoms with Crippen molar-refractivity contribution in [1.82, 2.24) is 4.90 Å². The van der Waals surface area contributed by atoms with Gasteiger partial charge in [-0.05, 0) is 47.7 Å². The van der Waals surface area contributed by atoms with Crippen molar-refractivity contribution >= 4 is 22.6 Å². The number of rotatable bonds is 4. The first-order valence-corrected chi connectivity index (χ1v) is 10.1. The number of hydrogen-bond acceptors (Lipinski definition) is 3. The highest BCUT2D eigenvalue weighted by Gasteiger charge is 2.29. The van der Waals surface area contributed by atoms with Crippen LogP contribution in [0.15, 0.2) is 66.7 Å². The largest absolute Gasteiger partial charge is 0.461 e. The van der Waals surface area contributed by atoms with Crippen LogP contribution in [0.25, 0.3) is 10.8 Å². The zero-order chi connectivity index (χ0) is 20.2. The lowest BCUT2D eigenvalue weighted by Gasteiger charge is -2.31. The Kier molecular flexibility index (Phi) is 5.61. The molecule has 1 saturated heterocycles. The Balaban J connectivity index is 1.33. The number of carbonyl (C=O) groups excluding carboxylic acids is 2. The second-order valence-corrected chi connectivity index (χ2v) is 7.63. The highest BCUT2D eigenvalue weighted by molar-refractivity contribution is 5.95. The summed E-state index contributed by atoms with van der Waals surface area (Å²) in [5.41, 5.74) is 2.74. The Morgan fingerprint density at radius 2 is 1.62 bits per heavy atom. The number of hydrogen-bond donors (Lipinski definition) is 0. The van der Waals surface area contributed by atoms with Crippen molar-refractivity contribution in [3.05, 3.63) is 83.4 Å². The first kappa shape index (κ1) is 19.2. The van der Waals surface area contributed by atoms with E-state index in [0.717, 1.165) is 27.5 Å². The topological polar surface area (TPSA) is 46.6 Å². The fourth-order valence-corrected chi connectivity index (χ4v) is 3.99. The molecule has 4 nitrogen and oxygen atoms in total. The van der Waals surface area contributed by atoms with Gasteiger partial charge in [0, 0.05) is 18.7 Å². The number of amides is 1. The normalized spacial score (nSPS) is 14.7. The number of piperidine rings is 1. The minimum Gasteiger partial charge on any atom is -0.461 e. The summed E-state index contributed by atoms with van der Waals surface area (Å²) >= 11 is 0. The van der Waals surface area contributed by atoms with Crippen LogP contribution in [-0.2, 0) is 16.1 Å². The summed E-state index contributed by atoms with van der Waals surface area (Å²) in [5, 5.41) is 2.26. The van der Waals surface area contributed by atoms with E-state index in [1.54, 1.807) is 0 Å². The summed E-state index contributed by atoms with van der Waals surface area (Å²) in [7, 11) is 0. The number of carbonyl (C=O) groups is 2. The van der Waals surface area contributed by atoms with Crippen molar-refractivity contribution in [1.29, 1.82) is 0 Å². The van der Waals surface area contributed by atoms with Crippen LogP contribution in [0.5, 0.6) is 0 Å². The first-order chi connectivity index (χ1) is 14.1. The number of aryl methyl sites for hydroxylation is 1. The van der Waals surface area contributed by atoms with Crippen LogP contribution >= 0.6 is 0 Å². The smallest absolute Gasteiger partial charge is 0.309 e. The number of ether oxygens (including phenoxy) is 1. The quantitative estimate of drug-likeness (QED) is 0.607. The van der Waals surface area contributed by atoms with Gasteiger partial charge in [0.15, 0.2) is 0 Å². The average Bonchev–Trinajstić information content (AvgIpc) is 2.77. The molecule has 0 saturated carbocycles. The van der Waals surface area contributed by atoms with Crippen molar-refractivity contribution in [2.75, 3.05) is 13.1 Å². The standard InChI is InChI=1S/C25H25NO3/c1-18-7-2-4-11-22(18)24(27)26-15-13-20(14-16-26)25(28)29-17-21-10-6-9-19-8-3-5-12-23(19)21/h2-12,20H,13-17H2,1H3. The predicted octanol–water partition coefficient (Wildman–Crippen LogP) is 4.74. The summed E-state index contributed by atoms with van der Waals surface area (Å²) in [6, 6.07) is 21.8. The fraction of sp³-hybridized carbons (Fsp3) is 0.280. The van der Waals surface area contributed by atoms with Crippen LogP contribution in [0.2, 0.25) is 0 Å². The van der Waals surface area contributed by atoms with E-state index >= 15 is 0 Å². The van der Waals surface area contributed by atoms with E-state index in [2.05, 4.69) is 12.1 Å². The van der Waals surface area contributed by atoms with Gasteiger partial charge < -0.3 is 9.64 Å². The summed E-state index contributed by atoms with van der Waals surface area (Å²) in [6.45, 7) is 3.40. The van der Waals surface area contributed by atoms with Gasteiger partial charge in [0.2, 0.25) is 0 Å². The monoisotopic (exact) mass is 387 g/mol. The zero-order valence-electron chi connectivity index (χ0n) is 16.6. The van der Waals surface area contributed by atoms with Crippen molar-refractivity contribution in [2.45, 2.75) is 26.4 Å². The molecule has 0 atom stereocenters. The molecule has 0 unspecified atom stereocenters. The fourth-order valence-electron chi connectivity index (χ4n) is 3.99. The van der Waals surface area contributed by atoms with Crippen molar-refractivity contribution in [3.8, 4) is 0 Å². The van der Waals surface area contributed by atoms with Gasteiger partial charge in [-0.15, -0.1) is 0 Å². The molecule has 3 aromatic carbocycles. The van der Waals surface area contributed by atoms with Gasteiger partial charge in [-0.3, -0.25) is 9.59 Å². The second-order valence-electron chi connectivity index (χ2n) is 7.63. The first-order valence-electron chi connectivity index (χ1n) is 10.1. The predicted molar refractivity (Wildman–Crippen MR) is 114 cm³/mol. The lowest BCUT2D eigenvalue weighted by molar-refractivity contribution is -0.151. The van der Waals surface area contributed by atoms with Crippen molar-refractivity contribution < 1.29 is 14.3 Å². The van der Waals surface area contributed by atoms with Gasteiger partial charge >= 0.3 is 5.97 Å². The maximum absolute atomic E-state index is 12.7. The molecule has 0 radical (unpaired) electrons. The van der Waals surface area contributed by atoms with Crippen LogP contribution in [0.1, 0.15) is 34.3 Å². The zero-order valence-corrected chi connectivity index (χ0v) is 16.6. The molecule has 0 bridgehead atoms. The highest BCUT2D eigenvalue weighted by Crippen LogP contribution is 2.23. The van der Waals surface area contributed by atoms with E-state index in [9.17, 15) is 9.59 Å². The molecule has 29 heavy (non-hydrogen) atoms. The number of esters is 1. The van der Waals surface area contributed by atoms with Gasteiger partial charge in [0.25, 0.3) is 5.91 Å². The van der Waals surface area contributed by atoms with E-state index in [0.29, 0.717) is 25.9 Å². The third-order valence-corrected chi connectivity index (χ3v) is 5.74. The molecular formula is C25H25NO3. The molecule has 4 heteroatoms.